The molecule has 0 radical (unpaired) electrons. The minimum Gasteiger partial charge on any atom is -0.497 e. The first-order valence-electron chi connectivity index (χ1n) is 6.77. The third-order valence-corrected chi connectivity index (χ3v) is 3.37. The molecule has 0 aliphatic heterocycles. The Morgan fingerprint density at radius 2 is 1.80 bits per heavy atom. The molecular weight excluding hydrogens is 252 g/mol. The first kappa shape index (κ1) is 14.4. The minimum atomic E-state index is 0.0737. The monoisotopic (exact) mass is 274 g/mol. The second kappa shape index (κ2) is 5.99. The van der Waals surface area contributed by atoms with Crippen LogP contribution < -0.4 is 9.47 Å². The second-order valence-electron chi connectivity index (χ2n) is 5.88. The van der Waals surface area contributed by atoms with E-state index in [-0.39, 0.29) is 11.3 Å². The lowest BCUT2D eigenvalue weighted by Crippen LogP contribution is -2.25. The standard InChI is InChI=1S/C16H22N2O2/c1-16(2,3)14(15-17-9-10-18-15)11-20-13-7-5-12(19-4)6-8-13/h5-10,14H,11H2,1-4H3,(H,17,18). The molecule has 1 N–H and O–H groups in total. The Bertz CT molecular complexity index is 512. The molecule has 0 spiro atoms. The number of ether oxygens (including phenoxy) is 2. The van der Waals surface area contributed by atoms with Gasteiger partial charge in [0.05, 0.1) is 19.6 Å². The van der Waals surface area contributed by atoms with E-state index in [0.717, 1.165) is 17.3 Å². The number of aromatic nitrogens is 2. The van der Waals surface area contributed by atoms with Gasteiger partial charge < -0.3 is 14.5 Å². The van der Waals surface area contributed by atoms with Crippen LogP contribution in [0.4, 0.5) is 0 Å². The van der Waals surface area contributed by atoms with Crippen LogP contribution >= 0.6 is 0 Å². The largest absolute Gasteiger partial charge is 0.497 e. The molecule has 0 bridgehead atoms. The summed E-state index contributed by atoms with van der Waals surface area (Å²) in [5, 5.41) is 0. The lowest BCUT2D eigenvalue weighted by Gasteiger charge is -2.29. The molecule has 4 heteroatoms. The van der Waals surface area contributed by atoms with Gasteiger partial charge in [-0.15, -0.1) is 0 Å². The molecule has 108 valence electrons. The predicted molar refractivity (Wildman–Crippen MR) is 79.3 cm³/mol. The molecule has 1 aromatic heterocycles. The zero-order chi connectivity index (χ0) is 14.6. The van der Waals surface area contributed by atoms with Crippen molar-refractivity contribution < 1.29 is 9.47 Å². The number of hydrogen-bond donors (Lipinski definition) is 1. The van der Waals surface area contributed by atoms with Gasteiger partial charge in [-0.1, -0.05) is 20.8 Å². The highest BCUT2D eigenvalue weighted by Crippen LogP contribution is 2.33. The van der Waals surface area contributed by atoms with Crippen molar-refractivity contribution in [3.05, 3.63) is 42.5 Å². The average molecular weight is 274 g/mol. The van der Waals surface area contributed by atoms with E-state index in [4.69, 9.17) is 9.47 Å². The molecule has 0 aliphatic rings. The first-order valence-corrected chi connectivity index (χ1v) is 6.77. The van der Waals surface area contributed by atoms with Crippen LogP contribution in [0.1, 0.15) is 32.5 Å². The van der Waals surface area contributed by atoms with Gasteiger partial charge >= 0.3 is 0 Å². The maximum atomic E-state index is 5.90. The quantitative estimate of drug-likeness (QED) is 0.905. The highest BCUT2D eigenvalue weighted by molar-refractivity contribution is 5.31. The molecule has 1 unspecified atom stereocenters. The van der Waals surface area contributed by atoms with E-state index in [9.17, 15) is 0 Å². The first-order chi connectivity index (χ1) is 9.50. The smallest absolute Gasteiger partial charge is 0.119 e. The molecule has 1 atom stereocenters. The van der Waals surface area contributed by atoms with Crippen LogP contribution in [-0.2, 0) is 0 Å². The Kier molecular flexibility index (Phi) is 4.32. The van der Waals surface area contributed by atoms with Crippen LogP contribution in [0, 0.1) is 5.41 Å². The number of imidazole rings is 1. The second-order valence-corrected chi connectivity index (χ2v) is 5.88. The van der Waals surface area contributed by atoms with E-state index in [0.29, 0.717) is 6.61 Å². The lowest BCUT2D eigenvalue weighted by atomic mass is 9.81. The number of rotatable bonds is 5. The molecule has 1 aromatic carbocycles. The summed E-state index contributed by atoms with van der Waals surface area (Å²) in [7, 11) is 1.66. The van der Waals surface area contributed by atoms with E-state index in [1.165, 1.54) is 0 Å². The molecular formula is C16H22N2O2. The van der Waals surface area contributed by atoms with Gasteiger partial charge in [-0.25, -0.2) is 4.98 Å². The summed E-state index contributed by atoms with van der Waals surface area (Å²) in [4.78, 5) is 7.55. The topological polar surface area (TPSA) is 47.1 Å². The highest BCUT2D eigenvalue weighted by Gasteiger charge is 2.29. The number of aromatic amines is 1. The minimum absolute atomic E-state index is 0.0737. The Morgan fingerprint density at radius 3 is 2.30 bits per heavy atom. The Labute approximate surface area is 120 Å². The molecule has 4 nitrogen and oxygen atoms in total. The van der Waals surface area contributed by atoms with Crippen LogP contribution in [0.5, 0.6) is 11.5 Å². The third kappa shape index (κ3) is 3.53. The molecule has 2 aromatic rings. The molecule has 0 saturated carbocycles. The number of nitrogens with one attached hydrogen (secondary N) is 1. The Balaban J connectivity index is 2.05. The van der Waals surface area contributed by atoms with Crippen molar-refractivity contribution in [1.82, 2.24) is 9.97 Å². The average Bonchev–Trinajstić information content (AvgIpc) is 2.92. The van der Waals surface area contributed by atoms with Crippen molar-refractivity contribution in [3.63, 3.8) is 0 Å². The van der Waals surface area contributed by atoms with Gasteiger partial charge in [0.1, 0.15) is 17.3 Å². The summed E-state index contributed by atoms with van der Waals surface area (Å²) in [6.07, 6.45) is 3.63. The van der Waals surface area contributed by atoms with Gasteiger partial charge in [0.15, 0.2) is 0 Å². The van der Waals surface area contributed by atoms with E-state index in [1.54, 1.807) is 13.3 Å². The van der Waals surface area contributed by atoms with Crippen LogP contribution in [0.25, 0.3) is 0 Å². The summed E-state index contributed by atoms with van der Waals surface area (Å²) >= 11 is 0. The summed E-state index contributed by atoms with van der Waals surface area (Å²) in [5.74, 6) is 2.84. The van der Waals surface area contributed by atoms with Crippen molar-refractivity contribution in [3.8, 4) is 11.5 Å². The molecule has 20 heavy (non-hydrogen) atoms. The normalized spacial score (nSPS) is 13.0. The third-order valence-electron chi connectivity index (χ3n) is 3.37. The number of methoxy groups -OCH3 is 1. The predicted octanol–water partition coefficient (Wildman–Crippen LogP) is 3.63. The van der Waals surface area contributed by atoms with Crippen molar-refractivity contribution in [2.24, 2.45) is 5.41 Å². The van der Waals surface area contributed by atoms with Gasteiger partial charge in [0.25, 0.3) is 0 Å². The molecule has 0 aliphatic carbocycles. The highest BCUT2D eigenvalue weighted by atomic mass is 16.5. The van der Waals surface area contributed by atoms with E-state index < -0.39 is 0 Å². The lowest BCUT2D eigenvalue weighted by molar-refractivity contribution is 0.197. The molecule has 0 saturated heterocycles. The molecule has 0 fully saturated rings. The van der Waals surface area contributed by atoms with E-state index >= 15 is 0 Å². The number of H-pyrrole nitrogens is 1. The fourth-order valence-electron chi connectivity index (χ4n) is 2.06. The fraction of sp³-hybridized carbons (Fsp3) is 0.438. The fourth-order valence-corrected chi connectivity index (χ4v) is 2.06. The van der Waals surface area contributed by atoms with Gasteiger partial charge in [-0.05, 0) is 29.7 Å². The van der Waals surface area contributed by atoms with Gasteiger partial charge in [-0.3, -0.25) is 0 Å². The summed E-state index contributed by atoms with van der Waals surface area (Å²) < 4.78 is 11.0. The maximum Gasteiger partial charge on any atom is 0.119 e. The zero-order valence-corrected chi connectivity index (χ0v) is 12.5. The maximum absolute atomic E-state index is 5.90. The van der Waals surface area contributed by atoms with Crippen molar-refractivity contribution >= 4 is 0 Å². The van der Waals surface area contributed by atoms with Crippen molar-refractivity contribution in [1.29, 1.82) is 0 Å². The van der Waals surface area contributed by atoms with Gasteiger partial charge in [-0.2, -0.15) is 0 Å². The van der Waals surface area contributed by atoms with Crippen LogP contribution in [0.3, 0.4) is 0 Å². The van der Waals surface area contributed by atoms with Gasteiger partial charge in [0.2, 0.25) is 0 Å². The Hall–Kier alpha value is -1.97. The van der Waals surface area contributed by atoms with Crippen LogP contribution in [-0.4, -0.2) is 23.7 Å². The molecule has 1 heterocycles. The van der Waals surface area contributed by atoms with Gasteiger partial charge in [0, 0.05) is 12.4 Å². The van der Waals surface area contributed by atoms with E-state index in [1.807, 2.05) is 30.5 Å². The van der Waals surface area contributed by atoms with Crippen LogP contribution in [0.15, 0.2) is 36.7 Å². The number of nitrogens with zero attached hydrogens (tertiary/aromatic N) is 1. The number of hydrogen-bond acceptors (Lipinski definition) is 3. The summed E-state index contributed by atoms with van der Waals surface area (Å²) in [6.45, 7) is 7.16. The summed E-state index contributed by atoms with van der Waals surface area (Å²) in [5.41, 5.74) is 0.0737. The zero-order valence-electron chi connectivity index (χ0n) is 12.5. The molecule has 2 rings (SSSR count). The van der Waals surface area contributed by atoms with Crippen molar-refractivity contribution in [2.75, 3.05) is 13.7 Å². The summed E-state index contributed by atoms with van der Waals surface area (Å²) in [6, 6.07) is 7.63. The number of benzene rings is 1. The van der Waals surface area contributed by atoms with E-state index in [2.05, 4.69) is 30.7 Å². The Morgan fingerprint density at radius 1 is 1.15 bits per heavy atom. The van der Waals surface area contributed by atoms with Crippen molar-refractivity contribution in [2.45, 2.75) is 26.7 Å². The molecule has 0 amide bonds. The SMILES string of the molecule is COc1ccc(OCC(c2ncc[nH]2)C(C)(C)C)cc1. The van der Waals surface area contributed by atoms with Crippen LogP contribution in [0.2, 0.25) is 0 Å².